The summed E-state index contributed by atoms with van der Waals surface area (Å²) < 4.78 is 21.3. The molecule has 3 aromatic rings. The molecular weight excluding hydrogens is 446 g/mol. The SMILES string of the molecule is COc1cc(C(=O)NC(=S)NNC(=O)COc2cccc3ccccc23)cc(OC)c1OC. The van der Waals surface area contributed by atoms with Crippen LogP contribution in [0.25, 0.3) is 10.8 Å². The second-order valence-electron chi connectivity index (χ2n) is 6.64. The summed E-state index contributed by atoms with van der Waals surface area (Å²) in [6.07, 6.45) is 0. The van der Waals surface area contributed by atoms with E-state index >= 15 is 0 Å². The van der Waals surface area contributed by atoms with E-state index in [2.05, 4.69) is 16.2 Å². The van der Waals surface area contributed by atoms with Crippen molar-refractivity contribution < 1.29 is 28.5 Å². The number of rotatable bonds is 7. The standard InChI is InChI=1S/C23H23N3O6S/c1-29-18-11-15(12-19(30-2)21(18)31-3)22(28)24-23(33)26-25-20(27)13-32-17-10-6-8-14-7-4-5-9-16(14)17/h4-12H,13H2,1-3H3,(H,25,27)(H2,24,26,28,33). The molecule has 0 aliphatic rings. The van der Waals surface area contributed by atoms with Gasteiger partial charge in [-0.05, 0) is 35.8 Å². The molecule has 3 N–H and O–H groups in total. The fourth-order valence-corrected chi connectivity index (χ4v) is 3.19. The summed E-state index contributed by atoms with van der Waals surface area (Å²) in [5.41, 5.74) is 5.07. The number of hydrogen-bond acceptors (Lipinski definition) is 7. The van der Waals surface area contributed by atoms with E-state index in [1.165, 1.54) is 33.5 Å². The third-order valence-electron chi connectivity index (χ3n) is 4.58. The Bertz CT molecular complexity index is 1150. The third-order valence-corrected chi connectivity index (χ3v) is 4.78. The summed E-state index contributed by atoms with van der Waals surface area (Å²) in [5.74, 6) is 0.567. The van der Waals surface area contributed by atoms with Gasteiger partial charge in [-0.2, -0.15) is 0 Å². The number of benzene rings is 3. The largest absolute Gasteiger partial charge is 0.493 e. The number of ether oxygens (including phenoxy) is 4. The first-order chi connectivity index (χ1) is 16.0. The molecule has 0 atom stereocenters. The molecule has 0 heterocycles. The highest BCUT2D eigenvalue weighted by molar-refractivity contribution is 7.80. The summed E-state index contributed by atoms with van der Waals surface area (Å²) in [4.78, 5) is 24.7. The van der Waals surface area contributed by atoms with E-state index < -0.39 is 11.8 Å². The Morgan fingerprint density at radius 3 is 2.18 bits per heavy atom. The lowest BCUT2D eigenvalue weighted by Crippen LogP contribution is -2.49. The highest BCUT2D eigenvalue weighted by atomic mass is 32.1. The second kappa shape index (κ2) is 11.0. The Balaban J connectivity index is 1.53. The van der Waals surface area contributed by atoms with Gasteiger partial charge in [0, 0.05) is 10.9 Å². The Hall–Kier alpha value is -4.05. The maximum atomic E-state index is 12.5. The average Bonchev–Trinajstić information content (AvgIpc) is 2.85. The first kappa shape index (κ1) is 23.6. The molecule has 0 aliphatic carbocycles. The number of fused-ring (bicyclic) bond motifs is 1. The molecule has 10 heteroatoms. The van der Waals surface area contributed by atoms with Crippen molar-refractivity contribution in [2.75, 3.05) is 27.9 Å². The predicted molar refractivity (Wildman–Crippen MR) is 127 cm³/mol. The van der Waals surface area contributed by atoms with E-state index in [1.54, 1.807) is 6.07 Å². The van der Waals surface area contributed by atoms with Crippen molar-refractivity contribution in [1.82, 2.24) is 16.2 Å². The average molecular weight is 470 g/mol. The summed E-state index contributed by atoms with van der Waals surface area (Å²) in [6.45, 7) is -0.246. The van der Waals surface area contributed by atoms with E-state index in [9.17, 15) is 9.59 Å². The fourth-order valence-electron chi connectivity index (χ4n) is 3.05. The van der Waals surface area contributed by atoms with Gasteiger partial charge in [-0.15, -0.1) is 0 Å². The Morgan fingerprint density at radius 1 is 0.848 bits per heavy atom. The van der Waals surface area contributed by atoms with Gasteiger partial charge in [0.2, 0.25) is 5.75 Å². The summed E-state index contributed by atoms with van der Waals surface area (Å²) in [7, 11) is 4.36. The van der Waals surface area contributed by atoms with Gasteiger partial charge in [0.05, 0.1) is 21.3 Å². The molecule has 3 rings (SSSR count). The first-order valence-corrected chi connectivity index (χ1v) is 10.2. The van der Waals surface area contributed by atoms with Crippen molar-refractivity contribution in [2.24, 2.45) is 0 Å². The zero-order chi connectivity index (χ0) is 23.8. The number of amides is 2. The van der Waals surface area contributed by atoms with Crippen LogP contribution in [-0.4, -0.2) is 44.9 Å². The quantitative estimate of drug-likeness (QED) is 0.358. The van der Waals surface area contributed by atoms with E-state index in [1.807, 2.05) is 36.4 Å². The molecule has 2 amide bonds. The van der Waals surface area contributed by atoms with Crippen LogP contribution < -0.4 is 35.1 Å². The number of methoxy groups -OCH3 is 3. The zero-order valence-electron chi connectivity index (χ0n) is 18.3. The third kappa shape index (κ3) is 5.80. The Kier molecular flexibility index (Phi) is 7.87. The molecule has 0 aromatic heterocycles. The zero-order valence-corrected chi connectivity index (χ0v) is 19.1. The van der Waals surface area contributed by atoms with Gasteiger partial charge in [-0.3, -0.25) is 25.8 Å². The number of hydrogen-bond donors (Lipinski definition) is 3. The molecule has 0 spiro atoms. The highest BCUT2D eigenvalue weighted by Gasteiger charge is 2.18. The van der Waals surface area contributed by atoms with Crippen molar-refractivity contribution in [3.05, 3.63) is 60.2 Å². The van der Waals surface area contributed by atoms with E-state index in [0.29, 0.717) is 23.0 Å². The van der Waals surface area contributed by atoms with E-state index in [-0.39, 0.29) is 17.3 Å². The van der Waals surface area contributed by atoms with Crippen LogP contribution >= 0.6 is 12.2 Å². The molecule has 0 unspecified atom stereocenters. The maximum absolute atomic E-state index is 12.5. The van der Waals surface area contributed by atoms with Crippen molar-refractivity contribution in [3.8, 4) is 23.0 Å². The monoisotopic (exact) mass is 469 g/mol. The van der Waals surface area contributed by atoms with Crippen LogP contribution in [0.4, 0.5) is 0 Å². The minimum absolute atomic E-state index is 0.104. The van der Waals surface area contributed by atoms with Gasteiger partial charge in [0.15, 0.2) is 23.2 Å². The van der Waals surface area contributed by atoms with Crippen molar-refractivity contribution in [1.29, 1.82) is 0 Å². The topological polar surface area (TPSA) is 107 Å². The molecule has 172 valence electrons. The lowest BCUT2D eigenvalue weighted by atomic mass is 10.1. The van der Waals surface area contributed by atoms with Crippen molar-refractivity contribution in [3.63, 3.8) is 0 Å². The molecule has 0 fully saturated rings. The number of hydrazine groups is 1. The second-order valence-corrected chi connectivity index (χ2v) is 7.04. The molecule has 9 nitrogen and oxygen atoms in total. The van der Waals surface area contributed by atoms with Crippen LogP contribution in [0.3, 0.4) is 0 Å². The van der Waals surface area contributed by atoms with Crippen molar-refractivity contribution in [2.45, 2.75) is 0 Å². The van der Waals surface area contributed by atoms with E-state index in [0.717, 1.165) is 10.8 Å². The number of thiocarbonyl (C=S) groups is 1. The summed E-state index contributed by atoms with van der Waals surface area (Å²) in [6, 6.07) is 16.2. The smallest absolute Gasteiger partial charge is 0.276 e. The Morgan fingerprint density at radius 2 is 1.52 bits per heavy atom. The molecule has 0 saturated carbocycles. The van der Waals surface area contributed by atoms with Gasteiger partial charge in [-0.1, -0.05) is 36.4 Å². The summed E-state index contributed by atoms with van der Waals surface area (Å²) in [5, 5.41) is 4.26. The first-order valence-electron chi connectivity index (χ1n) is 9.77. The van der Waals surface area contributed by atoms with Gasteiger partial charge in [0.1, 0.15) is 5.75 Å². The molecular formula is C23H23N3O6S. The molecule has 3 aromatic carbocycles. The minimum Gasteiger partial charge on any atom is -0.493 e. The maximum Gasteiger partial charge on any atom is 0.276 e. The van der Waals surface area contributed by atoms with Crippen LogP contribution in [0.1, 0.15) is 10.4 Å². The van der Waals surface area contributed by atoms with Crippen molar-refractivity contribution >= 4 is 39.9 Å². The van der Waals surface area contributed by atoms with Gasteiger partial charge in [-0.25, -0.2) is 0 Å². The normalized spacial score (nSPS) is 10.2. The lowest BCUT2D eigenvalue weighted by molar-refractivity contribution is -0.123. The number of carbonyl (C=O) groups is 2. The molecule has 0 radical (unpaired) electrons. The van der Waals surface area contributed by atoms with Crippen LogP contribution in [0.15, 0.2) is 54.6 Å². The molecule has 0 saturated heterocycles. The highest BCUT2D eigenvalue weighted by Crippen LogP contribution is 2.38. The van der Waals surface area contributed by atoms with Crippen LogP contribution in [0.5, 0.6) is 23.0 Å². The minimum atomic E-state index is -0.534. The molecule has 0 aliphatic heterocycles. The lowest BCUT2D eigenvalue weighted by Gasteiger charge is -2.15. The fraction of sp³-hybridized carbons (Fsp3) is 0.174. The molecule has 0 bridgehead atoms. The van der Waals surface area contributed by atoms with Gasteiger partial charge >= 0.3 is 0 Å². The van der Waals surface area contributed by atoms with E-state index in [4.69, 9.17) is 31.2 Å². The van der Waals surface area contributed by atoms with Gasteiger partial charge in [0.25, 0.3) is 11.8 Å². The van der Waals surface area contributed by atoms with Crippen LogP contribution in [0, 0.1) is 0 Å². The predicted octanol–water partition coefficient (Wildman–Crippen LogP) is 2.58. The molecule has 33 heavy (non-hydrogen) atoms. The van der Waals surface area contributed by atoms with Crippen LogP contribution in [0.2, 0.25) is 0 Å². The Labute approximate surface area is 195 Å². The number of carbonyl (C=O) groups excluding carboxylic acids is 2. The number of nitrogens with one attached hydrogen (secondary N) is 3. The van der Waals surface area contributed by atoms with Gasteiger partial charge < -0.3 is 18.9 Å². The van der Waals surface area contributed by atoms with Crippen LogP contribution in [-0.2, 0) is 4.79 Å². The summed E-state index contributed by atoms with van der Waals surface area (Å²) >= 11 is 5.07.